The van der Waals surface area contributed by atoms with E-state index >= 15 is 0 Å². The fourth-order valence-electron chi connectivity index (χ4n) is 3.39. The highest BCUT2D eigenvalue weighted by Gasteiger charge is 2.17. The number of carbonyl (C=O) groups excluding carboxylic acids is 2. The standard InChI is InChI=1S/C27H26N4O3S/c1-3-26(33)28-21-15-13-20(14-16-21)23(32)18-35-27-30-29-25(31(27)22-10-5-4-6-11-22)17-34-24-12-8-7-9-19(24)2/h4-16H,3,17-18H2,1-2H3,(H,28,33). The number of thioether (sulfide) groups is 1. The monoisotopic (exact) mass is 486 g/mol. The number of ether oxygens (including phenoxy) is 1. The molecule has 0 atom stereocenters. The van der Waals surface area contributed by atoms with Crippen LogP contribution in [0, 0.1) is 6.92 Å². The van der Waals surface area contributed by atoms with Crippen molar-refractivity contribution in [3.63, 3.8) is 0 Å². The van der Waals surface area contributed by atoms with Gasteiger partial charge in [0.1, 0.15) is 12.4 Å². The number of hydrogen-bond acceptors (Lipinski definition) is 6. The second kappa shape index (κ2) is 11.5. The Morgan fingerprint density at radius 2 is 1.66 bits per heavy atom. The molecule has 1 N–H and O–H groups in total. The molecule has 1 heterocycles. The zero-order chi connectivity index (χ0) is 24.6. The number of amides is 1. The van der Waals surface area contributed by atoms with Gasteiger partial charge in [-0.15, -0.1) is 10.2 Å². The molecule has 35 heavy (non-hydrogen) atoms. The molecule has 0 spiro atoms. The van der Waals surface area contributed by atoms with Crippen molar-refractivity contribution in [1.82, 2.24) is 14.8 Å². The van der Waals surface area contributed by atoms with E-state index < -0.39 is 0 Å². The van der Waals surface area contributed by atoms with Crippen LogP contribution in [0.3, 0.4) is 0 Å². The summed E-state index contributed by atoms with van der Waals surface area (Å²) in [6.45, 7) is 4.03. The first-order valence-electron chi connectivity index (χ1n) is 11.3. The smallest absolute Gasteiger partial charge is 0.224 e. The van der Waals surface area contributed by atoms with E-state index in [0.717, 1.165) is 17.0 Å². The molecule has 4 rings (SSSR count). The van der Waals surface area contributed by atoms with E-state index in [-0.39, 0.29) is 24.1 Å². The van der Waals surface area contributed by atoms with Crippen LogP contribution in [0.2, 0.25) is 0 Å². The summed E-state index contributed by atoms with van der Waals surface area (Å²) >= 11 is 1.32. The van der Waals surface area contributed by atoms with Gasteiger partial charge >= 0.3 is 0 Å². The summed E-state index contributed by atoms with van der Waals surface area (Å²) in [7, 11) is 0. The molecule has 0 aliphatic rings. The minimum absolute atomic E-state index is 0.0382. The maximum Gasteiger partial charge on any atom is 0.224 e. The van der Waals surface area contributed by atoms with Gasteiger partial charge in [0.2, 0.25) is 5.91 Å². The predicted octanol–water partition coefficient (Wildman–Crippen LogP) is 5.48. The molecule has 0 unspecified atom stereocenters. The largest absolute Gasteiger partial charge is 0.485 e. The lowest BCUT2D eigenvalue weighted by Crippen LogP contribution is -2.10. The number of Topliss-reactive ketones (excluding diaryl/α,β-unsaturated/α-hetero) is 1. The average Bonchev–Trinajstić information content (AvgIpc) is 3.30. The summed E-state index contributed by atoms with van der Waals surface area (Å²) in [5.41, 5.74) is 3.18. The molecule has 3 aromatic carbocycles. The quantitative estimate of drug-likeness (QED) is 0.236. The molecule has 0 fully saturated rings. The molecular formula is C27H26N4O3S. The molecule has 1 amide bonds. The number of hydrogen-bond donors (Lipinski definition) is 1. The maximum absolute atomic E-state index is 12.8. The van der Waals surface area contributed by atoms with Gasteiger partial charge in [-0.3, -0.25) is 14.2 Å². The number of nitrogens with one attached hydrogen (secondary N) is 1. The Labute approximate surface area is 208 Å². The first-order chi connectivity index (χ1) is 17.0. The van der Waals surface area contributed by atoms with Crippen LogP contribution in [-0.2, 0) is 11.4 Å². The molecule has 0 radical (unpaired) electrons. The molecule has 8 heteroatoms. The Kier molecular flexibility index (Phi) is 7.95. The van der Waals surface area contributed by atoms with E-state index in [0.29, 0.717) is 28.7 Å². The molecule has 0 aliphatic carbocycles. The van der Waals surface area contributed by atoms with Gasteiger partial charge in [0.15, 0.2) is 16.8 Å². The fraction of sp³-hybridized carbons (Fsp3) is 0.185. The van der Waals surface area contributed by atoms with E-state index in [1.54, 1.807) is 31.2 Å². The third-order valence-electron chi connectivity index (χ3n) is 5.31. The molecule has 0 aliphatic heterocycles. The lowest BCUT2D eigenvalue weighted by Gasteiger charge is -2.12. The zero-order valence-electron chi connectivity index (χ0n) is 19.6. The number of aryl methyl sites for hydroxylation is 1. The van der Waals surface area contributed by atoms with Gasteiger partial charge in [-0.1, -0.05) is 55.1 Å². The van der Waals surface area contributed by atoms with Crippen LogP contribution in [0.5, 0.6) is 5.75 Å². The van der Waals surface area contributed by atoms with Crippen LogP contribution in [0.1, 0.15) is 35.1 Å². The summed E-state index contributed by atoms with van der Waals surface area (Å²) in [4.78, 5) is 24.4. The van der Waals surface area contributed by atoms with Crippen LogP contribution in [0.15, 0.2) is 84.0 Å². The lowest BCUT2D eigenvalue weighted by molar-refractivity contribution is -0.115. The zero-order valence-corrected chi connectivity index (χ0v) is 20.4. The summed E-state index contributed by atoms with van der Waals surface area (Å²) < 4.78 is 7.93. The number of nitrogens with zero attached hydrogens (tertiary/aromatic N) is 3. The van der Waals surface area contributed by atoms with Crippen LogP contribution in [0.25, 0.3) is 5.69 Å². The Hall–Kier alpha value is -3.91. The summed E-state index contributed by atoms with van der Waals surface area (Å²) in [5, 5.41) is 12.1. The van der Waals surface area contributed by atoms with Gasteiger partial charge in [-0.05, 0) is 55.0 Å². The van der Waals surface area contributed by atoms with Crippen molar-refractivity contribution in [3.8, 4) is 11.4 Å². The molecule has 4 aromatic rings. The molecule has 0 bridgehead atoms. The predicted molar refractivity (Wildman–Crippen MR) is 137 cm³/mol. The highest BCUT2D eigenvalue weighted by Crippen LogP contribution is 2.25. The van der Waals surface area contributed by atoms with Crippen LogP contribution < -0.4 is 10.1 Å². The molecule has 7 nitrogen and oxygen atoms in total. The second-order valence-electron chi connectivity index (χ2n) is 7.81. The third-order valence-corrected chi connectivity index (χ3v) is 6.24. The van der Waals surface area contributed by atoms with E-state index in [2.05, 4.69) is 15.5 Å². The number of anilines is 1. The maximum atomic E-state index is 12.8. The third kappa shape index (κ3) is 6.16. The van der Waals surface area contributed by atoms with Gasteiger partial charge in [-0.2, -0.15) is 0 Å². The van der Waals surface area contributed by atoms with Gasteiger partial charge in [0.05, 0.1) is 5.75 Å². The topological polar surface area (TPSA) is 86.1 Å². The number of benzene rings is 3. The first kappa shape index (κ1) is 24.2. The minimum atomic E-state index is -0.0675. The fourth-order valence-corrected chi connectivity index (χ4v) is 4.25. The van der Waals surface area contributed by atoms with Crippen molar-refractivity contribution in [2.45, 2.75) is 32.0 Å². The van der Waals surface area contributed by atoms with Crippen LogP contribution in [-0.4, -0.2) is 32.2 Å². The number of para-hydroxylation sites is 2. The highest BCUT2D eigenvalue weighted by atomic mass is 32.2. The molecule has 178 valence electrons. The van der Waals surface area contributed by atoms with Gasteiger partial charge in [0, 0.05) is 23.4 Å². The van der Waals surface area contributed by atoms with Crippen molar-refractivity contribution in [1.29, 1.82) is 0 Å². The molecule has 1 aromatic heterocycles. The van der Waals surface area contributed by atoms with Crippen molar-refractivity contribution >= 4 is 29.1 Å². The number of aromatic nitrogens is 3. The highest BCUT2D eigenvalue weighted by molar-refractivity contribution is 7.99. The number of ketones is 1. The van der Waals surface area contributed by atoms with Gasteiger partial charge < -0.3 is 10.1 Å². The van der Waals surface area contributed by atoms with Crippen molar-refractivity contribution in [2.75, 3.05) is 11.1 Å². The van der Waals surface area contributed by atoms with Crippen LogP contribution in [0.4, 0.5) is 5.69 Å². The summed E-state index contributed by atoms with van der Waals surface area (Å²) in [6.07, 6.45) is 0.400. The van der Waals surface area contributed by atoms with E-state index in [1.165, 1.54) is 11.8 Å². The normalized spacial score (nSPS) is 10.7. The lowest BCUT2D eigenvalue weighted by atomic mass is 10.1. The Bertz CT molecular complexity index is 1300. The van der Waals surface area contributed by atoms with Crippen molar-refractivity contribution in [2.24, 2.45) is 0 Å². The molecule has 0 saturated heterocycles. The van der Waals surface area contributed by atoms with E-state index in [1.807, 2.05) is 66.1 Å². The van der Waals surface area contributed by atoms with Gasteiger partial charge in [0.25, 0.3) is 0 Å². The molecular weight excluding hydrogens is 460 g/mol. The van der Waals surface area contributed by atoms with Gasteiger partial charge in [-0.25, -0.2) is 0 Å². The Morgan fingerprint density at radius 3 is 2.37 bits per heavy atom. The van der Waals surface area contributed by atoms with Crippen LogP contribution >= 0.6 is 11.8 Å². The Morgan fingerprint density at radius 1 is 0.943 bits per heavy atom. The number of rotatable bonds is 10. The Balaban J connectivity index is 1.48. The van der Waals surface area contributed by atoms with Crippen molar-refractivity contribution in [3.05, 3.63) is 95.8 Å². The van der Waals surface area contributed by atoms with E-state index in [9.17, 15) is 9.59 Å². The summed E-state index contributed by atoms with van der Waals surface area (Å²) in [6, 6.07) is 24.5. The SMILES string of the molecule is CCC(=O)Nc1ccc(C(=O)CSc2nnc(COc3ccccc3C)n2-c2ccccc2)cc1. The van der Waals surface area contributed by atoms with Crippen molar-refractivity contribution < 1.29 is 14.3 Å². The second-order valence-corrected chi connectivity index (χ2v) is 8.76. The average molecular weight is 487 g/mol. The van der Waals surface area contributed by atoms with E-state index in [4.69, 9.17) is 4.74 Å². The first-order valence-corrected chi connectivity index (χ1v) is 12.3. The number of carbonyl (C=O) groups is 2. The summed E-state index contributed by atoms with van der Waals surface area (Å²) in [5.74, 6) is 1.53. The molecule has 0 saturated carbocycles. The minimum Gasteiger partial charge on any atom is -0.485 e.